The minimum atomic E-state index is -0.990. The third-order valence-electron chi connectivity index (χ3n) is 3.31. The second-order valence-corrected chi connectivity index (χ2v) is 5.10. The van der Waals surface area contributed by atoms with Gasteiger partial charge in [0, 0.05) is 6.04 Å². The highest BCUT2D eigenvalue weighted by atomic mass is 35.5. The number of halogens is 1. The number of hydrogen-bond acceptors (Lipinski definition) is 3. The van der Waals surface area contributed by atoms with Crippen molar-refractivity contribution < 1.29 is 9.90 Å². The summed E-state index contributed by atoms with van der Waals surface area (Å²) in [5, 5.41) is 12.8. The summed E-state index contributed by atoms with van der Waals surface area (Å²) in [6.45, 7) is 2.06. The molecule has 4 nitrogen and oxygen atoms in total. The molecule has 0 bridgehead atoms. The highest BCUT2D eigenvalue weighted by Crippen LogP contribution is 2.26. The number of nitrogens with one attached hydrogen (secondary N) is 1. The highest BCUT2D eigenvalue weighted by molar-refractivity contribution is 6.34. The lowest BCUT2D eigenvalue weighted by Gasteiger charge is -2.30. The third-order valence-corrected chi connectivity index (χ3v) is 3.62. The molecule has 1 aromatic carbocycles. The van der Waals surface area contributed by atoms with Crippen molar-refractivity contribution in [2.45, 2.75) is 18.9 Å². The number of likely N-dealkylation sites (tertiary alicyclic amines) is 1. The summed E-state index contributed by atoms with van der Waals surface area (Å²) < 4.78 is 0. The monoisotopic (exact) mass is 268 g/mol. The Hall–Kier alpha value is -1.26. The molecule has 2 rings (SSSR count). The molecule has 1 saturated heterocycles. The van der Waals surface area contributed by atoms with E-state index in [9.17, 15) is 9.90 Å². The SMILES string of the molecule is CN1CCC(Nc2cccc(Cl)c2C(=O)O)CC1. The minimum absolute atomic E-state index is 0.165. The molecule has 0 spiro atoms. The zero-order valence-corrected chi connectivity index (χ0v) is 11.1. The number of piperidine rings is 1. The number of benzene rings is 1. The van der Waals surface area contributed by atoms with Crippen LogP contribution in [0.5, 0.6) is 0 Å². The van der Waals surface area contributed by atoms with E-state index in [0.717, 1.165) is 25.9 Å². The van der Waals surface area contributed by atoms with Gasteiger partial charge in [0.25, 0.3) is 0 Å². The van der Waals surface area contributed by atoms with E-state index < -0.39 is 5.97 Å². The first kappa shape index (κ1) is 13.2. The summed E-state index contributed by atoms with van der Waals surface area (Å²) >= 11 is 5.94. The summed E-state index contributed by atoms with van der Waals surface area (Å²) in [7, 11) is 2.10. The molecule has 1 aromatic rings. The number of rotatable bonds is 3. The summed E-state index contributed by atoms with van der Waals surface area (Å²) in [6.07, 6.45) is 2.03. The van der Waals surface area contributed by atoms with Crippen molar-refractivity contribution in [2.75, 3.05) is 25.5 Å². The standard InChI is InChI=1S/C13H17ClN2O2/c1-16-7-5-9(6-8-16)15-11-4-2-3-10(14)12(11)13(17)18/h2-4,9,15H,5-8H2,1H3,(H,17,18). The van der Waals surface area contributed by atoms with E-state index in [-0.39, 0.29) is 10.6 Å². The van der Waals surface area contributed by atoms with Crippen LogP contribution < -0.4 is 5.32 Å². The van der Waals surface area contributed by atoms with Gasteiger partial charge in [0.2, 0.25) is 0 Å². The Morgan fingerprint density at radius 2 is 2.11 bits per heavy atom. The molecule has 0 aromatic heterocycles. The maximum Gasteiger partial charge on any atom is 0.339 e. The smallest absolute Gasteiger partial charge is 0.339 e. The molecule has 0 unspecified atom stereocenters. The fourth-order valence-corrected chi connectivity index (χ4v) is 2.49. The molecule has 1 fully saturated rings. The van der Waals surface area contributed by atoms with Gasteiger partial charge in [-0.3, -0.25) is 0 Å². The van der Waals surface area contributed by atoms with E-state index in [1.165, 1.54) is 0 Å². The predicted octanol–water partition coefficient (Wildman–Crippen LogP) is 2.54. The van der Waals surface area contributed by atoms with Crippen molar-refractivity contribution >= 4 is 23.3 Å². The van der Waals surface area contributed by atoms with Gasteiger partial charge in [-0.25, -0.2) is 4.79 Å². The molecule has 5 heteroatoms. The number of carboxylic acids is 1. The van der Waals surface area contributed by atoms with Gasteiger partial charge >= 0.3 is 5.97 Å². The van der Waals surface area contributed by atoms with Crippen LogP contribution in [0.15, 0.2) is 18.2 Å². The van der Waals surface area contributed by atoms with E-state index >= 15 is 0 Å². The fourth-order valence-electron chi connectivity index (χ4n) is 2.23. The maximum absolute atomic E-state index is 11.2. The second kappa shape index (κ2) is 5.59. The van der Waals surface area contributed by atoms with E-state index in [1.54, 1.807) is 18.2 Å². The van der Waals surface area contributed by atoms with Crippen molar-refractivity contribution in [1.29, 1.82) is 0 Å². The average molecular weight is 269 g/mol. The Bertz CT molecular complexity index is 443. The zero-order valence-electron chi connectivity index (χ0n) is 10.3. The molecule has 98 valence electrons. The number of carbonyl (C=O) groups is 1. The van der Waals surface area contributed by atoms with Gasteiger partial charge in [0.15, 0.2) is 0 Å². The number of aromatic carboxylic acids is 1. The molecule has 0 amide bonds. The molecule has 2 N–H and O–H groups in total. The minimum Gasteiger partial charge on any atom is -0.478 e. The predicted molar refractivity (Wildman–Crippen MR) is 72.6 cm³/mol. The lowest BCUT2D eigenvalue weighted by atomic mass is 10.0. The van der Waals surface area contributed by atoms with Crippen molar-refractivity contribution in [3.63, 3.8) is 0 Å². The van der Waals surface area contributed by atoms with Crippen LogP contribution >= 0.6 is 11.6 Å². The number of anilines is 1. The molecular formula is C13H17ClN2O2. The van der Waals surface area contributed by atoms with Gasteiger partial charge in [0.05, 0.1) is 10.7 Å². The van der Waals surface area contributed by atoms with Gasteiger partial charge in [-0.1, -0.05) is 17.7 Å². The van der Waals surface area contributed by atoms with Crippen LogP contribution in [0.25, 0.3) is 0 Å². The van der Waals surface area contributed by atoms with Crippen LogP contribution in [0.2, 0.25) is 5.02 Å². The topological polar surface area (TPSA) is 52.6 Å². The van der Waals surface area contributed by atoms with Gasteiger partial charge < -0.3 is 15.3 Å². The van der Waals surface area contributed by atoms with Crippen molar-refractivity contribution in [2.24, 2.45) is 0 Å². The lowest BCUT2D eigenvalue weighted by molar-refractivity contribution is 0.0698. The van der Waals surface area contributed by atoms with Crippen LogP contribution in [-0.2, 0) is 0 Å². The van der Waals surface area contributed by atoms with Crippen LogP contribution in [0.3, 0.4) is 0 Å². The number of carboxylic acid groups (broad SMARTS) is 1. The van der Waals surface area contributed by atoms with Gasteiger partial charge in [0.1, 0.15) is 5.56 Å². The summed E-state index contributed by atoms with van der Waals surface area (Å²) in [5.41, 5.74) is 0.780. The first-order valence-corrected chi connectivity index (χ1v) is 6.42. The maximum atomic E-state index is 11.2. The van der Waals surface area contributed by atoms with E-state index in [4.69, 9.17) is 11.6 Å². The number of nitrogens with zero attached hydrogens (tertiary/aromatic N) is 1. The molecular weight excluding hydrogens is 252 g/mol. The van der Waals surface area contributed by atoms with Crippen molar-refractivity contribution in [3.05, 3.63) is 28.8 Å². The van der Waals surface area contributed by atoms with Gasteiger partial charge in [-0.15, -0.1) is 0 Å². The molecule has 0 radical (unpaired) electrons. The van der Waals surface area contributed by atoms with E-state index in [0.29, 0.717) is 11.7 Å². The normalized spacial score (nSPS) is 17.7. The molecule has 0 atom stereocenters. The molecule has 1 aliphatic rings. The molecule has 0 aliphatic carbocycles. The summed E-state index contributed by atoms with van der Waals surface area (Å²) in [4.78, 5) is 13.5. The van der Waals surface area contributed by atoms with Gasteiger partial charge in [-0.05, 0) is 45.1 Å². The zero-order chi connectivity index (χ0) is 13.1. The van der Waals surface area contributed by atoms with Gasteiger partial charge in [-0.2, -0.15) is 0 Å². The summed E-state index contributed by atoms with van der Waals surface area (Å²) in [6, 6.07) is 5.46. The quantitative estimate of drug-likeness (QED) is 0.885. The Labute approximate surface area is 112 Å². The average Bonchev–Trinajstić information content (AvgIpc) is 2.32. The van der Waals surface area contributed by atoms with Crippen LogP contribution in [0.4, 0.5) is 5.69 Å². The molecule has 1 aliphatic heterocycles. The van der Waals surface area contributed by atoms with Crippen molar-refractivity contribution in [1.82, 2.24) is 4.90 Å². The van der Waals surface area contributed by atoms with E-state index in [1.807, 2.05) is 0 Å². The Morgan fingerprint density at radius 1 is 1.44 bits per heavy atom. The van der Waals surface area contributed by atoms with E-state index in [2.05, 4.69) is 17.3 Å². The fraction of sp³-hybridized carbons (Fsp3) is 0.462. The Balaban J connectivity index is 2.14. The molecule has 18 heavy (non-hydrogen) atoms. The first-order chi connectivity index (χ1) is 8.58. The largest absolute Gasteiger partial charge is 0.478 e. The van der Waals surface area contributed by atoms with Crippen LogP contribution in [0, 0.1) is 0 Å². The number of hydrogen-bond donors (Lipinski definition) is 2. The van der Waals surface area contributed by atoms with Crippen LogP contribution in [0.1, 0.15) is 23.2 Å². The summed E-state index contributed by atoms with van der Waals surface area (Å²) in [5.74, 6) is -0.990. The molecule has 1 heterocycles. The Kier molecular flexibility index (Phi) is 4.09. The first-order valence-electron chi connectivity index (χ1n) is 6.05. The highest BCUT2D eigenvalue weighted by Gasteiger charge is 2.20. The second-order valence-electron chi connectivity index (χ2n) is 4.69. The molecule has 0 saturated carbocycles. The lowest BCUT2D eigenvalue weighted by Crippen LogP contribution is -2.37. The van der Waals surface area contributed by atoms with Crippen molar-refractivity contribution in [3.8, 4) is 0 Å². The third kappa shape index (κ3) is 2.94. The van der Waals surface area contributed by atoms with Crippen LogP contribution in [-0.4, -0.2) is 42.2 Å². The Morgan fingerprint density at radius 3 is 2.72 bits per heavy atom.